The fourth-order valence-corrected chi connectivity index (χ4v) is 2.77. The summed E-state index contributed by atoms with van der Waals surface area (Å²) < 4.78 is 0. The van der Waals surface area contributed by atoms with E-state index in [1.54, 1.807) is 0 Å². The Bertz CT molecular complexity index is 582. The number of fused-ring (bicyclic) bond motifs is 1. The van der Waals surface area contributed by atoms with E-state index in [0.29, 0.717) is 0 Å². The van der Waals surface area contributed by atoms with E-state index in [0.717, 1.165) is 50.0 Å². The van der Waals surface area contributed by atoms with E-state index in [2.05, 4.69) is 23.1 Å². The average Bonchev–Trinajstić information content (AvgIpc) is 2.47. The third-order valence-electron chi connectivity index (χ3n) is 3.78. The second-order valence-corrected chi connectivity index (χ2v) is 5.27. The zero-order chi connectivity index (χ0) is 13.1. The van der Waals surface area contributed by atoms with Crippen LogP contribution in [-0.2, 0) is 11.3 Å². The lowest BCUT2D eigenvalue weighted by Gasteiger charge is -2.29. The minimum absolute atomic E-state index is 0.203. The molecule has 1 aromatic carbocycles. The minimum atomic E-state index is 0.203. The average molecular weight is 254 g/mol. The first-order valence-corrected chi connectivity index (χ1v) is 6.87. The van der Waals surface area contributed by atoms with Crippen LogP contribution in [-0.4, -0.2) is 29.3 Å². The molecule has 0 spiro atoms. The molecule has 1 aliphatic rings. The van der Waals surface area contributed by atoms with Gasteiger partial charge in [-0.1, -0.05) is 24.3 Å². The van der Waals surface area contributed by atoms with Crippen molar-refractivity contribution in [3.63, 3.8) is 0 Å². The molecular weight excluding hydrogens is 236 g/mol. The summed E-state index contributed by atoms with van der Waals surface area (Å²) in [6.07, 6.45) is 3.24. The highest BCUT2D eigenvalue weighted by molar-refractivity contribution is 5.78. The van der Waals surface area contributed by atoms with Crippen molar-refractivity contribution in [1.82, 2.24) is 9.88 Å². The van der Waals surface area contributed by atoms with E-state index in [-0.39, 0.29) is 5.92 Å². The SMILES string of the molecule is O=CC1CCCN(Cc2ccc3ccccc3n2)C1. The third kappa shape index (κ3) is 2.82. The van der Waals surface area contributed by atoms with Gasteiger partial charge in [0.05, 0.1) is 11.2 Å². The molecule has 0 radical (unpaired) electrons. The second-order valence-electron chi connectivity index (χ2n) is 5.27. The molecule has 1 saturated heterocycles. The van der Waals surface area contributed by atoms with Gasteiger partial charge in [0.2, 0.25) is 0 Å². The Labute approximate surface area is 113 Å². The Kier molecular flexibility index (Phi) is 3.56. The topological polar surface area (TPSA) is 33.2 Å². The molecule has 19 heavy (non-hydrogen) atoms. The molecule has 1 aromatic heterocycles. The lowest BCUT2D eigenvalue weighted by Crippen LogP contribution is -2.35. The predicted octanol–water partition coefficient (Wildman–Crippen LogP) is 2.65. The van der Waals surface area contributed by atoms with Gasteiger partial charge in [0.15, 0.2) is 0 Å². The molecule has 0 saturated carbocycles. The minimum Gasteiger partial charge on any atom is -0.303 e. The van der Waals surface area contributed by atoms with Crippen molar-refractivity contribution in [2.24, 2.45) is 5.92 Å². The first-order chi connectivity index (χ1) is 9.35. The van der Waals surface area contributed by atoms with Crippen LogP contribution in [0.5, 0.6) is 0 Å². The maximum Gasteiger partial charge on any atom is 0.124 e. The summed E-state index contributed by atoms with van der Waals surface area (Å²) in [6.45, 7) is 2.78. The number of nitrogens with zero attached hydrogens (tertiary/aromatic N) is 2. The Morgan fingerprint density at radius 3 is 3.05 bits per heavy atom. The number of hydrogen-bond acceptors (Lipinski definition) is 3. The molecule has 3 rings (SSSR count). The number of carbonyl (C=O) groups excluding carboxylic acids is 1. The predicted molar refractivity (Wildman–Crippen MR) is 75.8 cm³/mol. The monoisotopic (exact) mass is 254 g/mol. The Morgan fingerprint density at radius 1 is 1.26 bits per heavy atom. The molecule has 0 bridgehead atoms. The van der Waals surface area contributed by atoms with E-state index in [4.69, 9.17) is 4.98 Å². The van der Waals surface area contributed by atoms with Crippen molar-refractivity contribution in [1.29, 1.82) is 0 Å². The van der Waals surface area contributed by atoms with Crippen LogP contribution in [0.1, 0.15) is 18.5 Å². The van der Waals surface area contributed by atoms with Crippen LogP contribution in [0, 0.1) is 5.92 Å². The van der Waals surface area contributed by atoms with Gasteiger partial charge >= 0.3 is 0 Å². The Balaban J connectivity index is 1.75. The summed E-state index contributed by atoms with van der Waals surface area (Å²) >= 11 is 0. The largest absolute Gasteiger partial charge is 0.303 e. The van der Waals surface area contributed by atoms with Gasteiger partial charge < -0.3 is 4.79 Å². The van der Waals surface area contributed by atoms with Gasteiger partial charge in [0, 0.05) is 24.4 Å². The first kappa shape index (κ1) is 12.3. The molecule has 0 N–H and O–H groups in total. The van der Waals surface area contributed by atoms with Gasteiger partial charge in [-0.3, -0.25) is 9.88 Å². The molecule has 3 heteroatoms. The molecule has 1 atom stereocenters. The zero-order valence-corrected chi connectivity index (χ0v) is 11.0. The van der Waals surface area contributed by atoms with Crippen molar-refractivity contribution in [2.75, 3.05) is 13.1 Å². The molecule has 3 nitrogen and oxygen atoms in total. The van der Waals surface area contributed by atoms with Gasteiger partial charge in [-0.25, -0.2) is 0 Å². The lowest BCUT2D eigenvalue weighted by molar-refractivity contribution is -0.112. The number of carbonyl (C=O) groups is 1. The first-order valence-electron chi connectivity index (χ1n) is 6.87. The van der Waals surface area contributed by atoms with Crippen molar-refractivity contribution < 1.29 is 4.79 Å². The molecular formula is C16H18N2O. The number of likely N-dealkylation sites (tertiary alicyclic amines) is 1. The fourth-order valence-electron chi connectivity index (χ4n) is 2.77. The van der Waals surface area contributed by atoms with Gasteiger partial charge in [0.25, 0.3) is 0 Å². The van der Waals surface area contributed by atoms with E-state index in [1.165, 1.54) is 5.39 Å². The van der Waals surface area contributed by atoms with Crippen molar-refractivity contribution in [3.05, 3.63) is 42.1 Å². The van der Waals surface area contributed by atoms with E-state index in [9.17, 15) is 4.79 Å². The van der Waals surface area contributed by atoms with Crippen molar-refractivity contribution in [3.8, 4) is 0 Å². The van der Waals surface area contributed by atoms with Crippen LogP contribution in [0.25, 0.3) is 10.9 Å². The van der Waals surface area contributed by atoms with Crippen LogP contribution in [0.2, 0.25) is 0 Å². The summed E-state index contributed by atoms with van der Waals surface area (Å²) in [5.41, 5.74) is 2.13. The quantitative estimate of drug-likeness (QED) is 0.789. The fraction of sp³-hybridized carbons (Fsp3) is 0.375. The zero-order valence-electron chi connectivity index (χ0n) is 11.0. The molecule has 0 amide bonds. The van der Waals surface area contributed by atoms with Crippen LogP contribution in [0.3, 0.4) is 0 Å². The number of aldehydes is 1. The number of aromatic nitrogens is 1. The summed E-state index contributed by atoms with van der Waals surface area (Å²) in [5.74, 6) is 0.203. The van der Waals surface area contributed by atoms with Crippen molar-refractivity contribution >= 4 is 17.2 Å². The molecule has 0 aliphatic carbocycles. The second kappa shape index (κ2) is 5.49. The molecule has 1 unspecified atom stereocenters. The molecule has 98 valence electrons. The number of pyridine rings is 1. The van der Waals surface area contributed by atoms with Crippen LogP contribution < -0.4 is 0 Å². The van der Waals surface area contributed by atoms with Gasteiger partial charge in [-0.2, -0.15) is 0 Å². The normalized spacial score (nSPS) is 20.5. The van der Waals surface area contributed by atoms with Crippen LogP contribution in [0.15, 0.2) is 36.4 Å². The maximum atomic E-state index is 10.9. The van der Waals surface area contributed by atoms with Crippen molar-refractivity contribution in [2.45, 2.75) is 19.4 Å². The van der Waals surface area contributed by atoms with E-state index < -0.39 is 0 Å². The molecule has 1 fully saturated rings. The number of rotatable bonds is 3. The summed E-state index contributed by atoms with van der Waals surface area (Å²) in [4.78, 5) is 17.9. The maximum absolute atomic E-state index is 10.9. The highest BCUT2D eigenvalue weighted by Crippen LogP contribution is 2.18. The van der Waals surface area contributed by atoms with Gasteiger partial charge in [0.1, 0.15) is 6.29 Å². The summed E-state index contributed by atoms with van der Waals surface area (Å²) in [6, 6.07) is 12.4. The summed E-state index contributed by atoms with van der Waals surface area (Å²) in [5, 5.41) is 1.18. The van der Waals surface area contributed by atoms with Gasteiger partial charge in [-0.15, -0.1) is 0 Å². The standard InChI is InChI=1S/C16H18N2O/c19-12-13-4-3-9-18(10-13)11-15-8-7-14-5-1-2-6-16(14)17-15/h1-2,5-8,12-13H,3-4,9-11H2. The van der Waals surface area contributed by atoms with Crippen LogP contribution in [0.4, 0.5) is 0 Å². The third-order valence-corrected chi connectivity index (χ3v) is 3.78. The number of benzene rings is 1. The highest BCUT2D eigenvalue weighted by atomic mass is 16.1. The summed E-state index contributed by atoms with van der Waals surface area (Å²) in [7, 11) is 0. The molecule has 2 aromatic rings. The van der Waals surface area contributed by atoms with Crippen LogP contribution >= 0.6 is 0 Å². The smallest absolute Gasteiger partial charge is 0.124 e. The Hall–Kier alpha value is -1.74. The number of hydrogen-bond donors (Lipinski definition) is 0. The molecule has 2 heterocycles. The van der Waals surface area contributed by atoms with E-state index >= 15 is 0 Å². The molecule has 1 aliphatic heterocycles. The highest BCUT2D eigenvalue weighted by Gasteiger charge is 2.19. The Morgan fingerprint density at radius 2 is 2.16 bits per heavy atom. The number of piperidine rings is 1. The van der Waals surface area contributed by atoms with E-state index in [1.807, 2.05) is 18.2 Å². The number of para-hydroxylation sites is 1. The lowest BCUT2D eigenvalue weighted by atomic mass is 9.99. The van der Waals surface area contributed by atoms with Gasteiger partial charge in [-0.05, 0) is 31.5 Å².